The van der Waals surface area contributed by atoms with Gasteiger partial charge in [-0.25, -0.2) is 0 Å². The SMILES string of the molecule is CC(C)(C)CC(C(C)(C)C)S(=O)(=O)O[N+](C)(C)C. The molecule has 1 atom stereocenters. The quantitative estimate of drug-likeness (QED) is 0.587. The number of nitrogens with zero attached hydrogens (tertiary/aromatic N) is 1. The molecule has 0 saturated carbocycles. The second-order valence-corrected chi connectivity index (χ2v) is 9.78. The highest BCUT2D eigenvalue weighted by atomic mass is 32.2. The van der Waals surface area contributed by atoms with Crippen LogP contribution >= 0.6 is 0 Å². The van der Waals surface area contributed by atoms with Crippen molar-refractivity contribution in [1.29, 1.82) is 0 Å². The average Bonchev–Trinajstić information content (AvgIpc) is 1.90. The zero-order chi connectivity index (χ0) is 15.0. The van der Waals surface area contributed by atoms with E-state index in [2.05, 4.69) is 0 Å². The summed E-state index contributed by atoms with van der Waals surface area (Å²) in [5, 5.41) is -0.512. The Kier molecular flexibility index (Phi) is 5.06. The van der Waals surface area contributed by atoms with E-state index in [0.717, 1.165) is 0 Å². The lowest BCUT2D eigenvalue weighted by molar-refractivity contribution is -1.03. The van der Waals surface area contributed by atoms with Gasteiger partial charge < -0.3 is 0 Å². The molecule has 0 radical (unpaired) electrons. The molecule has 0 aliphatic carbocycles. The third-order valence-corrected chi connectivity index (χ3v) is 4.67. The monoisotopic (exact) mass is 280 g/mol. The molecule has 0 rings (SSSR count). The van der Waals surface area contributed by atoms with E-state index < -0.39 is 15.4 Å². The van der Waals surface area contributed by atoms with E-state index in [9.17, 15) is 8.42 Å². The molecular weight excluding hydrogens is 250 g/mol. The van der Waals surface area contributed by atoms with Crippen LogP contribution < -0.4 is 0 Å². The Morgan fingerprint density at radius 1 is 1.00 bits per heavy atom. The predicted octanol–water partition coefficient (Wildman–Crippen LogP) is 2.80. The molecule has 110 valence electrons. The van der Waals surface area contributed by atoms with Gasteiger partial charge in [-0.1, -0.05) is 45.8 Å². The van der Waals surface area contributed by atoms with Crippen LogP contribution in [0.5, 0.6) is 0 Å². The minimum atomic E-state index is -3.60. The first-order chi connectivity index (χ1) is 7.55. The van der Waals surface area contributed by atoms with Crippen LogP contribution in [0.4, 0.5) is 0 Å². The highest BCUT2D eigenvalue weighted by Crippen LogP contribution is 2.36. The van der Waals surface area contributed by atoms with Crippen molar-refractivity contribution in [3.8, 4) is 0 Å². The minimum Gasteiger partial charge on any atom is -0.194 e. The molecule has 0 aromatic carbocycles. The van der Waals surface area contributed by atoms with Gasteiger partial charge in [0.2, 0.25) is 0 Å². The Bertz CT molecular complexity index is 367. The van der Waals surface area contributed by atoms with E-state index in [0.29, 0.717) is 6.42 Å². The molecule has 0 aromatic heterocycles. The molecule has 4 nitrogen and oxygen atoms in total. The molecule has 0 amide bonds. The summed E-state index contributed by atoms with van der Waals surface area (Å²) in [6.45, 7) is 12.0. The predicted molar refractivity (Wildman–Crippen MR) is 75.4 cm³/mol. The van der Waals surface area contributed by atoms with Crippen molar-refractivity contribution < 1.29 is 17.3 Å². The molecule has 0 N–H and O–H groups in total. The average molecular weight is 280 g/mol. The Balaban J connectivity index is 5.35. The Labute approximate surface area is 113 Å². The molecule has 5 heteroatoms. The second-order valence-electron chi connectivity index (χ2n) is 8.08. The number of hydrogen-bond acceptors (Lipinski definition) is 3. The molecule has 0 fully saturated rings. The van der Waals surface area contributed by atoms with Gasteiger partial charge in [0.05, 0.1) is 26.4 Å². The van der Waals surface area contributed by atoms with E-state index >= 15 is 0 Å². The van der Waals surface area contributed by atoms with Crippen molar-refractivity contribution in [3.05, 3.63) is 0 Å². The molecule has 0 spiro atoms. The van der Waals surface area contributed by atoms with Gasteiger partial charge in [-0.2, -0.15) is 13.1 Å². The Morgan fingerprint density at radius 2 is 1.39 bits per heavy atom. The topological polar surface area (TPSA) is 43.4 Å². The summed E-state index contributed by atoms with van der Waals surface area (Å²) in [5.41, 5.74) is -0.402. The lowest BCUT2D eigenvalue weighted by atomic mass is 9.81. The maximum atomic E-state index is 12.4. The van der Waals surface area contributed by atoms with Crippen LogP contribution in [-0.2, 0) is 14.4 Å². The summed E-state index contributed by atoms with van der Waals surface area (Å²) >= 11 is 0. The third-order valence-electron chi connectivity index (χ3n) is 2.44. The second kappa shape index (κ2) is 5.10. The molecule has 0 aliphatic heterocycles. The standard InChI is InChI=1S/C13H30NO3S/c1-12(2,3)10-11(13(4,5)6)18(15,16)17-14(7,8)9/h11H,10H2,1-9H3/q+1. The van der Waals surface area contributed by atoms with Crippen LogP contribution in [0.3, 0.4) is 0 Å². The minimum absolute atomic E-state index is 0.0426. The van der Waals surface area contributed by atoms with Gasteiger partial charge in [0, 0.05) is 0 Å². The zero-order valence-corrected chi connectivity index (χ0v) is 14.2. The van der Waals surface area contributed by atoms with Gasteiger partial charge in [-0.15, -0.1) is 0 Å². The molecule has 0 aromatic rings. The first-order valence-electron chi connectivity index (χ1n) is 6.31. The van der Waals surface area contributed by atoms with Crippen LogP contribution in [-0.4, -0.2) is 39.5 Å². The van der Waals surface area contributed by atoms with Crippen LogP contribution in [0.2, 0.25) is 0 Å². The third kappa shape index (κ3) is 6.71. The molecular formula is C13H30NO3S+. The number of rotatable bonds is 4. The van der Waals surface area contributed by atoms with E-state index in [1.165, 1.54) is 0 Å². The molecule has 18 heavy (non-hydrogen) atoms. The molecule has 0 bridgehead atoms. The summed E-state index contributed by atoms with van der Waals surface area (Å²) in [6, 6.07) is 0. The maximum absolute atomic E-state index is 12.4. The highest BCUT2D eigenvalue weighted by molar-refractivity contribution is 7.87. The fourth-order valence-corrected chi connectivity index (χ4v) is 4.06. The smallest absolute Gasteiger partial charge is 0.194 e. The Hall–Kier alpha value is -0.130. The van der Waals surface area contributed by atoms with E-state index in [4.69, 9.17) is 4.28 Å². The van der Waals surface area contributed by atoms with Gasteiger partial charge >= 0.3 is 10.1 Å². The summed E-state index contributed by atoms with van der Waals surface area (Å²) in [4.78, 5) is 0. The van der Waals surface area contributed by atoms with E-state index in [1.807, 2.05) is 41.5 Å². The van der Waals surface area contributed by atoms with Gasteiger partial charge in [-0.3, -0.25) is 0 Å². The largest absolute Gasteiger partial charge is 0.317 e. The summed E-state index contributed by atoms with van der Waals surface area (Å²) in [6.07, 6.45) is 0.582. The maximum Gasteiger partial charge on any atom is 0.317 e. The molecule has 0 aliphatic rings. The summed E-state index contributed by atoms with van der Waals surface area (Å²) in [5.74, 6) is 0. The Morgan fingerprint density at radius 3 is 1.61 bits per heavy atom. The van der Waals surface area contributed by atoms with Crippen molar-refractivity contribution in [2.45, 2.75) is 53.2 Å². The normalized spacial score (nSPS) is 16.7. The zero-order valence-electron chi connectivity index (χ0n) is 13.4. The fraction of sp³-hybridized carbons (Fsp3) is 1.00. The lowest BCUT2D eigenvalue weighted by Crippen LogP contribution is -2.45. The molecule has 1 unspecified atom stereocenters. The fourth-order valence-electron chi connectivity index (χ4n) is 1.76. The van der Waals surface area contributed by atoms with Crippen LogP contribution in [0.15, 0.2) is 0 Å². The first-order valence-corrected chi connectivity index (χ1v) is 7.78. The van der Waals surface area contributed by atoms with Crippen molar-refractivity contribution in [2.24, 2.45) is 10.8 Å². The number of hydroxylamine groups is 3. The first kappa shape index (κ1) is 17.9. The van der Waals surface area contributed by atoms with Gasteiger partial charge in [-0.05, 0) is 17.3 Å². The van der Waals surface area contributed by atoms with Crippen molar-refractivity contribution >= 4 is 10.1 Å². The number of hydrogen-bond donors (Lipinski definition) is 0. The van der Waals surface area contributed by atoms with Crippen LogP contribution in [0, 0.1) is 10.8 Å². The van der Waals surface area contributed by atoms with E-state index in [-0.39, 0.29) is 15.5 Å². The molecule has 0 saturated heterocycles. The number of quaternary nitrogens is 1. The summed E-state index contributed by atoms with van der Waals surface area (Å²) in [7, 11) is 1.51. The van der Waals surface area contributed by atoms with Gasteiger partial charge in [0.25, 0.3) is 0 Å². The van der Waals surface area contributed by atoms with E-state index in [1.54, 1.807) is 21.1 Å². The van der Waals surface area contributed by atoms with Crippen LogP contribution in [0.25, 0.3) is 0 Å². The van der Waals surface area contributed by atoms with Gasteiger partial charge in [0.1, 0.15) is 0 Å². The van der Waals surface area contributed by atoms with Crippen molar-refractivity contribution in [1.82, 2.24) is 0 Å². The van der Waals surface area contributed by atoms with Gasteiger partial charge in [0.15, 0.2) is 0 Å². The van der Waals surface area contributed by atoms with Crippen molar-refractivity contribution in [2.75, 3.05) is 21.1 Å². The lowest BCUT2D eigenvalue weighted by Gasteiger charge is -2.35. The highest BCUT2D eigenvalue weighted by Gasteiger charge is 2.42. The summed E-state index contributed by atoms with van der Waals surface area (Å²) < 4.78 is 30.1. The van der Waals surface area contributed by atoms with Crippen LogP contribution in [0.1, 0.15) is 48.0 Å². The van der Waals surface area contributed by atoms with Crippen molar-refractivity contribution in [3.63, 3.8) is 0 Å². The molecule has 0 heterocycles.